The predicted octanol–water partition coefficient (Wildman–Crippen LogP) is 0.580. The van der Waals surface area contributed by atoms with Crippen molar-refractivity contribution in [1.82, 2.24) is 9.13 Å². The Morgan fingerprint density at radius 2 is 2.05 bits per heavy atom. The molecule has 2 aromatic rings. The third-order valence-corrected chi connectivity index (χ3v) is 4.88. The van der Waals surface area contributed by atoms with Crippen molar-refractivity contribution < 1.29 is 0 Å². The van der Waals surface area contributed by atoms with E-state index in [0.29, 0.717) is 18.9 Å². The number of fused-ring (bicyclic) bond motifs is 1. The van der Waals surface area contributed by atoms with Crippen molar-refractivity contribution >= 4 is 17.2 Å². The Morgan fingerprint density at radius 3 is 2.76 bits per heavy atom. The minimum atomic E-state index is -0.535. The fourth-order valence-electron chi connectivity index (χ4n) is 2.73. The maximum absolute atomic E-state index is 12.1. The van der Waals surface area contributed by atoms with Crippen molar-refractivity contribution in [3.63, 3.8) is 0 Å². The molecule has 0 aliphatic carbocycles. The van der Waals surface area contributed by atoms with Gasteiger partial charge in [-0.2, -0.15) is 5.26 Å². The van der Waals surface area contributed by atoms with Crippen molar-refractivity contribution in [3.05, 3.63) is 48.3 Å². The SMILES string of the molecule is Cn1c(N2CCc3sccc3C2)c(C#N)c(=O)n(C)c1=O. The minimum absolute atomic E-state index is 0.0262. The Bertz CT molecular complexity index is 869. The summed E-state index contributed by atoms with van der Waals surface area (Å²) in [6.45, 7) is 1.32. The van der Waals surface area contributed by atoms with Crippen LogP contribution in [0.15, 0.2) is 21.0 Å². The summed E-state index contributed by atoms with van der Waals surface area (Å²) in [7, 11) is 2.99. The first kappa shape index (κ1) is 13.6. The summed E-state index contributed by atoms with van der Waals surface area (Å²) >= 11 is 1.72. The third-order valence-electron chi connectivity index (χ3n) is 3.85. The van der Waals surface area contributed by atoms with Crippen molar-refractivity contribution in [2.75, 3.05) is 11.4 Å². The first-order valence-corrected chi connectivity index (χ1v) is 7.43. The highest BCUT2D eigenvalue weighted by Gasteiger charge is 2.24. The van der Waals surface area contributed by atoms with Crippen molar-refractivity contribution in [2.24, 2.45) is 14.1 Å². The molecule has 0 fully saturated rings. The molecule has 108 valence electrons. The van der Waals surface area contributed by atoms with Crippen LogP contribution >= 0.6 is 11.3 Å². The van der Waals surface area contributed by atoms with Gasteiger partial charge in [0.05, 0.1) is 0 Å². The lowest BCUT2D eigenvalue weighted by molar-refractivity contribution is 0.639. The first-order valence-electron chi connectivity index (χ1n) is 6.55. The molecule has 1 aliphatic rings. The Hall–Kier alpha value is -2.33. The molecule has 7 heteroatoms. The van der Waals surface area contributed by atoms with Gasteiger partial charge in [-0.25, -0.2) is 4.79 Å². The van der Waals surface area contributed by atoms with Crippen LogP contribution in [0.5, 0.6) is 0 Å². The van der Waals surface area contributed by atoms with Crippen LogP contribution in [0.3, 0.4) is 0 Å². The zero-order chi connectivity index (χ0) is 15.1. The van der Waals surface area contributed by atoms with Gasteiger partial charge in [-0.15, -0.1) is 11.3 Å². The highest BCUT2D eigenvalue weighted by molar-refractivity contribution is 7.10. The number of nitrogens with zero attached hydrogens (tertiary/aromatic N) is 4. The lowest BCUT2D eigenvalue weighted by atomic mass is 10.1. The normalized spacial score (nSPS) is 13.9. The van der Waals surface area contributed by atoms with E-state index in [-0.39, 0.29) is 5.56 Å². The maximum atomic E-state index is 12.1. The van der Waals surface area contributed by atoms with Gasteiger partial charge < -0.3 is 4.90 Å². The summed E-state index contributed by atoms with van der Waals surface area (Å²) in [5, 5.41) is 11.4. The van der Waals surface area contributed by atoms with Gasteiger partial charge in [0.15, 0.2) is 5.56 Å². The Kier molecular flexibility index (Phi) is 3.18. The summed E-state index contributed by atoms with van der Waals surface area (Å²) in [6, 6.07) is 4.01. The number of thiophene rings is 1. The van der Waals surface area contributed by atoms with Crippen LogP contribution in [0.1, 0.15) is 16.0 Å². The predicted molar refractivity (Wildman–Crippen MR) is 80.7 cm³/mol. The minimum Gasteiger partial charge on any atom is -0.352 e. The van der Waals surface area contributed by atoms with Crippen LogP contribution in [0, 0.1) is 11.3 Å². The molecular formula is C14H14N4O2S. The average molecular weight is 302 g/mol. The van der Waals surface area contributed by atoms with Gasteiger partial charge in [-0.1, -0.05) is 0 Å². The quantitative estimate of drug-likeness (QED) is 0.772. The molecule has 1 aliphatic heterocycles. The second-order valence-electron chi connectivity index (χ2n) is 5.06. The number of rotatable bonds is 1. The van der Waals surface area contributed by atoms with Gasteiger partial charge in [0, 0.05) is 32.1 Å². The first-order chi connectivity index (χ1) is 10.0. The van der Waals surface area contributed by atoms with Gasteiger partial charge in [-0.3, -0.25) is 13.9 Å². The van der Waals surface area contributed by atoms with E-state index in [1.807, 2.05) is 16.3 Å². The maximum Gasteiger partial charge on any atom is 0.332 e. The van der Waals surface area contributed by atoms with E-state index in [1.54, 1.807) is 18.4 Å². The molecule has 0 saturated heterocycles. The van der Waals surface area contributed by atoms with Crippen LogP contribution in [0.25, 0.3) is 0 Å². The Labute approximate surface area is 125 Å². The molecule has 21 heavy (non-hydrogen) atoms. The second kappa shape index (κ2) is 4.90. The van der Waals surface area contributed by atoms with Crippen molar-refractivity contribution in [1.29, 1.82) is 5.26 Å². The van der Waals surface area contributed by atoms with E-state index in [2.05, 4.69) is 6.07 Å². The molecule has 0 atom stereocenters. The highest BCUT2D eigenvalue weighted by Crippen LogP contribution is 2.27. The van der Waals surface area contributed by atoms with Crippen LogP contribution in [-0.4, -0.2) is 15.7 Å². The molecule has 0 saturated carbocycles. The molecular weight excluding hydrogens is 288 g/mol. The highest BCUT2D eigenvalue weighted by atomic mass is 32.1. The fraction of sp³-hybridized carbons (Fsp3) is 0.357. The Balaban J connectivity index is 2.19. The number of aromatic nitrogens is 2. The fourth-order valence-corrected chi connectivity index (χ4v) is 3.62. The monoisotopic (exact) mass is 302 g/mol. The molecule has 6 nitrogen and oxygen atoms in total. The van der Waals surface area contributed by atoms with Crippen LogP contribution < -0.4 is 16.1 Å². The molecule has 0 amide bonds. The van der Waals surface area contributed by atoms with Gasteiger partial charge in [0.2, 0.25) is 0 Å². The summed E-state index contributed by atoms with van der Waals surface area (Å²) in [6.07, 6.45) is 0.862. The topological polar surface area (TPSA) is 71.0 Å². The lowest BCUT2D eigenvalue weighted by Gasteiger charge is -2.30. The summed E-state index contributed by atoms with van der Waals surface area (Å²) in [5.74, 6) is 0.419. The molecule has 0 N–H and O–H groups in total. The molecule has 0 aromatic carbocycles. The zero-order valence-electron chi connectivity index (χ0n) is 11.8. The molecule has 0 spiro atoms. The van der Waals surface area contributed by atoms with Gasteiger partial charge >= 0.3 is 5.69 Å². The molecule has 0 bridgehead atoms. The largest absolute Gasteiger partial charge is 0.352 e. The smallest absolute Gasteiger partial charge is 0.332 e. The van der Waals surface area contributed by atoms with Crippen LogP contribution in [0.2, 0.25) is 0 Å². The van der Waals surface area contributed by atoms with Crippen LogP contribution in [-0.2, 0) is 27.1 Å². The van der Waals surface area contributed by atoms with Crippen LogP contribution in [0.4, 0.5) is 5.82 Å². The molecule has 0 unspecified atom stereocenters. The second-order valence-corrected chi connectivity index (χ2v) is 6.06. The number of nitriles is 1. The third kappa shape index (κ3) is 1.99. The van der Waals surface area contributed by atoms with Gasteiger partial charge in [0.1, 0.15) is 11.9 Å². The lowest BCUT2D eigenvalue weighted by Crippen LogP contribution is -2.43. The van der Waals surface area contributed by atoms with E-state index >= 15 is 0 Å². The number of hydrogen-bond donors (Lipinski definition) is 0. The van der Waals surface area contributed by atoms with E-state index in [1.165, 1.54) is 22.1 Å². The molecule has 3 heterocycles. The van der Waals surface area contributed by atoms with E-state index < -0.39 is 11.2 Å². The average Bonchev–Trinajstić information content (AvgIpc) is 2.96. The number of anilines is 1. The van der Waals surface area contributed by atoms with Gasteiger partial charge in [0.25, 0.3) is 5.56 Å². The van der Waals surface area contributed by atoms with Crippen molar-refractivity contribution in [2.45, 2.75) is 13.0 Å². The standard InChI is InChI=1S/C14H14N4O2S/c1-16-12(10(7-15)13(19)17(2)14(16)20)18-5-3-11-9(8-18)4-6-21-11/h4,6H,3,5,8H2,1-2H3. The van der Waals surface area contributed by atoms with Gasteiger partial charge in [-0.05, 0) is 23.4 Å². The van der Waals surface area contributed by atoms with E-state index in [4.69, 9.17) is 0 Å². The molecule has 0 radical (unpaired) electrons. The number of hydrogen-bond acceptors (Lipinski definition) is 5. The molecule has 3 rings (SSSR count). The summed E-state index contributed by atoms with van der Waals surface area (Å²) < 4.78 is 2.36. The van der Waals surface area contributed by atoms with Crippen molar-refractivity contribution in [3.8, 4) is 6.07 Å². The van der Waals surface area contributed by atoms with E-state index in [0.717, 1.165) is 11.0 Å². The molecule has 2 aromatic heterocycles. The van der Waals surface area contributed by atoms with E-state index in [9.17, 15) is 14.9 Å². The Morgan fingerprint density at radius 1 is 1.29 bits per heavy atom. The zero-order valence-corrected chi connectivity index (χ0v) is 12.6. The summed E-state index contributed by atoms with van der Waals surface area (Å²) in [4.78, 5) is 27.5. The summed E-state index contributed by atoms with van der Waals surface area (Å²) in [5.41, 5.74) is 0.276.